The summed E-state index contributed by atoms with van der Waals surface area (Å²) in [5, 5.41) is 25.7. The van der Waals surface area contributed by atoms with Gasteiger partial charge >= 0.3 is 12.2 Å². The number of ketones is 2. The predicted octanol–water partition coefficient (Wildman–Crippen LogP) is 12.7. The molecule has 0 aliphatic heterocycles. The highest BCUT2D eigenvalue weighted by atomic mass is 35.5. The Morgan fingerprint density at radius 3 is 1.46 bits per heavy atom. The van der Waals surface area contributed by atoms with E-state index in [9.17, 15) is 24.0 Å². The molecular formula is C72H82ClN19O13. The number of methoxy groups -OCH3 is 3. The van der Waals surface area contributed by atoms with E-state index in [4.69, 9.17) is 59.3 Å². The van der Waals surface area contributed by atoms with Crippen molar-refractivity contribution in [3.05, 3.63) is 132 Å². The Bertz CT molecular complexity index is 5160. The molecule has 0 saturated heterocycles. The molecule has 6 atom stereocenters. The number of anilines is 8. The number of nitrogen functional groups attached to an aromatic ring is 1. The van der Waals surface area contributed by atoms with Crippen LogP contribution in [0.25, 0.3) is 50.2 Å². The molecule has 12 aromatic rings. The fraction of sp³-hybridized carbons (Fsp3) is 0.389. The molecule has 105 heavy (non-hydrogen) atoms. The zero-order chi connectivity index (χ0) is 74.6. The molecule has 9 heterocycles. The number of amides is 3. The van der Waals surface area contributed by atoms with E-state index in [2.05, 4.69) is 61.5 Å². The lowest BCUT2D eigenvalue weighted by atomic mass is 9.78. The quantitative estimate of drug-likeness (QED) is 0.0302. The van der Waals surface area contributed by atoms with Gasteiger partial charge < -0.3 is 63.9 Å². The first kappa shape index (κ1) is 73.4. The largest absolute Gasteiger partial charge is 0.443 e. The van der Waals surface area contributed by atoms with Crippen molar-refractivity contribution in [2.24, 2.45) is 11.8 Å². The van der Waals surface area contributed by atoms with Crippen molar-refractivity contribution in [2.45, 2.75) is 128 Å². The summed E-state index contributed by atoms with van der Waals surface area (Å²) < 4.78 is 47.4. The van der Waals surface area contributed by atoms with Gasteiger partial charge in [0.15, 0.2) is 64.4 Å². The summed E-state index contributed by atoms with van der Waals surface area (Å²) in [6.45, 7) is 10.7. The van der Waals surface area contributed by atoms with E-state index in [1.54, 1.807) is 99.8 Å². The van der Waals surface area contributed by atoms with Crippen LogP contribution in [0.15, 0.2) is 124 Å². The molecule has 3 aliphatic carbocycles. The maximum Gasteiger partial charge on any atom is 0.415 e. The number of fused-ring (bicyclic) bond motifs is 6. The molecule has 9 aromatic heterocycles. The lowest BCUT2D eigenvalue weighted by Gasteiger charge is -2.35. The molecule has 3 fully saturated rings. The second-order valence-electron chi connectivity index (χ2n) is 27.4. The fourth-order valence-electron chi connectivity index (χ4n) is 12.2. The number of nitrogens with two attached hydrogens (primary N) is 1. The molecule has 6 N–H and O–H groups in total. The molecule has 3 aliphatic rings. The molecule has 3 saturated carbocycles. The van der Waals surface area contributed by atoms with Crippen molar-refractivity contribution >= 4 is 138 Å². The minimum absolute atomic E-state index is 0.0104. The van der Waals surface area contributed by atoms with Crippen LogP contribution in [0.2, 0.25) is 5.15 Å². The van der Waals surface area contributed by atoms with Gasteiger partial charge in [-0.3, -0.25) is 24.2 Å². The van der Waals surface area contributed by atoms with Crippen LogP contribution in [0.1, 0.15) is 124 Å². The Balaban J connectivity index is 0.000000139. The SMILES string of the molecule is CNc1cc(Nc2cccc3ocnc23)nc2c(C(=O)CC3CC[C@@H]3OC)cnn12.CO[C@H]1CCC1CC(=O)c1cnn2c(N(C)C(=O)OC(C)(C)C)cc(Nc3cccc4ocnc34)nc12.CO[C@H]1CCC1NC(=O)c1cnn2c(N(C)C(=O)OC(C)(C)C)cc(Cl)nc12.Nc1cccc2ocnc12. The van der Waals surface area contributed by atoms with Crippen molar-refractivity contribution in [2.75, 3.05) is 74.0 Å². The van der Waals surface area contributed by atoms with Gasteiger partial charge in [0, 0.05) is 73.5 Å². The molecular weight excluding hydrogens is 1370 g/mol. The summed E-state index contributed by atoms with van der Waals surface area (Å²) in [7, 11) is 9.93. The van der Waals surface area contributed by atoms with Gasteiger partial charge in [0.2, 0.25) is 0 Å². The zero-order valence-electron chi connectivity index (χ0n) is 60.0. The first-order chi connectivity index (χ1) is 50.3. The lowest BCUT2D eigenvalue weighted by molar-refractivity contribution is -0.0171. The number of aromatic nitrogens is 12. The van der Waals surface area contributed by atoms with Gasteiger partial charge in [0.25, 0.3) is 5.91 Å². The van der Waals surface area contributed by atoms with Gasteiger partial charge in [0.05, 0.1) is 71.1 Å². The highest BCUT2D eigenvalue weighted by Crippen LogP contribution is 2.37. The van der Waals surface area contributed by atoms with Crippen LogP contribution in [-0.4, -0.2) is 166 Å². The minimum atomic E-state index is -0.687. The van der Waals surface area contributed by atoms with E-state index in [-0.39, 0.29) is 70.0 Å². The number of hydrogen-bond donors (Lipinski definition) is 5. The maximum atomic E-state index is 13.3. The minimum Gasteiger partial charge on any atom is -0.443 e. The smallest absolute Gasteiger partial charge is 0.415 e. The Kier molecular flexibility index (Phi) is 21.6. The van der Waals surface area contributed by atoms with Gasteiger partial charge in [-0.1, -0.05) is 29.8 Å². The molecule has 3 amide bonds. The van der Waals surface area contributed by atoms with Crippen LogP contribution < -0.4 is 36.8 Å². The topological polar surface area (TPSA) is 381 Å². The van der Waals surface area contributed by atoms with Crippen molar-refractivity contribution in [1.29, 1.82) is 0 Å². The number of carbonyl (C=O) groups is 5. The van der Waals surface area contributed by atoms with Crippen molar-refractivity contribution in [3.63, 3.8) is 0 Å². The average Bonchev–Trinajstić information content (AvgIpc) is 1.67. The number of carbonyl (C=O) groups excluding carboxylic acids is 5. The zero-order valence-corrected chi connectivity index (χ0v) is 60.8. The number of halogens is 1. The summed E-state index contributed by atoms with van der Waals surface area (Å²) in [6.07, 6.45) is 14.2. The van der Waals surface area contributed by atoms with Gasteiger partial charge in [-0.25, -0.2) is 39.5 Å². The van der Waals surface area contributed by atoms with Crippen LogP contribution in [0.4, 0.5) is 55.7 Å². The van der Waals surface area contributed by atoms with Crippen LogP contribution >= 0.6 is 11.6 Å². The van der Waals surface area contributed by atoms with Crippen molar-refractivity contribution < 1.29 is 60.9 Å². The summed E-state index contributed by atoms with van der Waals surface area (Å²) >= 11 is 6.15. The molecule has 550 valence electrons. The number of rotatable bonds is 18. The Hall–Kier alpha value is -11.4. The standard InChI is InChI=1S/C26H30N6O5.C21H22N6O3.C18H24ClN5O4.C7H6N2O/c1-26(2,3)37-25(34)31(4)22-12-21(29-17-7-6-8-20-23(17)27-14-36-20)30-24-16(13-28-32(22)24)18(33)11-15-9-10-19(15)35-5;1-22-19-9-18(25-14-4-3-5-17-20(14)23-11-30-17)26-21-13(10-24-27(19)21)15(28)8-12-6-7-16(12)29-2;1-18(2,3)28-17(26)23(4)14-8-13(19)22-15-10(9-20-24(14)15)16(25)21-11-6-7-12(11)27-5;8-5-2-1-3-6-7(5)9-4-10-6/h6-8,12-15,19H,9-11H2,1-5H3,(H,29,30);3-5,9-12,16,22H,6-8H2,1-2H3,(H,25,26);8-9,11-12H,6-7H2,1-5H3,(H,21,25);1-4H,8H2/t15?,19-;12?,16-;11?,12-;/m000./s1. The summed E-state index contributed by atoms with van der Waals surface area (Å²) in [4.78, 5) is 93.0. The Labute approximate surface area is 606 Å². The fourth-order valence-corrected chi connectivity index (χ4v) is 12.4. The van der Waals surface area contributed by atoms with Crippen LogP contribution in [0.5, 0.6) is 0 Å². The van der Waals surface area contributed by atoms with E-state index >= 15 is 0 Å². The number of nitrogens with zero attached hydrogens (tertiary/aromatic N) is 14. The third-order valence-electron chi connectivity index (χ3n) is 18.1. The van der Waals surface area contributed by atoms with E-state index in [0.717, 1.165) is 55.3 Å². The maximum absolute atomic E-state index is 13.3. The van der Waals surface area contributed by atoms with Crippen LogP contribution in [0, 0.1) is 11.8 Å². The van der Waals surface area contributed by atoms with Crippen LogP contribution in [-0.2, 0) is 23.7 Å². The Morgan fingerprint density at radius 1 is 0.562 bits per heavy atom. The number of nitrogens with one attached hydrogen (secondary N) is 4. The van der Waals surface area contributed by atoms with E-state index in [0.29, 0.717) is 97.9 Å². The molecule has 33 heteroatoms. The van der Waals surface area contributed by atoms with E-state index in [1.807, 2.05) is 54.6 Å². The average molecular weight is 1460 g/mol. The molecule has 32 nitrogen and oxygen atoms in total. The van der Waals surface area contributed by atoms with E-state index in [1.165, 1.54) is 63.5 Å². The molecule has 0 bridgehead atoms. The predicted molar refractivity (Wildman–Crippen MR) is 392 cm³/mol. The number of para-hydroxylation sites is 3. The lowest BCUT2D eigenvalue weighted by Crippen LogP contribution is -2.51. The number of hydrogen-bond acceptors (Lipinski definition) is 26. The normalized spacial score (nSPS) is 17.6. The van der Waals surface area contributed by atoms with Crippen molar-refractivity contribution in [1.82, 2.24) is 64.1 Å². The van der Waals surface area contributed by atoms with Crippen molar-refractivity contribution in [3.8, 4) is 0 Å². The summed E-state index contributed by atoms with van der Waals surface area (Å²) in [5.41, 5.74) is 12.7. The Morgan fingerprint density at radius 2 is 1.00 bits per heavy atom. The van der Waals surface area contributed by atoms with Crippen LogP contribution in [0.3, 0.4) is 0 Å². The summed E-state index contributed by atoms with van der Waals surface area (Å²) in [5.74, 6) is 2.48. The molecule has 0 radical (unpaired) electrons. The molecule has 15 rings (SSSR count). The number of oxazole rings is 3. The number of ether oxygens (including phenoxy) is 5. The molecule has 3 unspecified atom stereocenters. The van der Waals surface area contributed by atoms with Gasteiger partial charge in [0.1, 0.15) is 67.6 Å². The third-order valence-corrected chi connectivity index (χ3v) is 18.3. The first-order valence-electron chi connectivity index (χ1n) is 34.0. The van der Waals surface area contributed by atoms with Gasteiger partial charge in [-0.2, -0.15) is 28.8 Å². The highest BCUT2D eigenvalue weighted by Gasteiger charge is 2.37. The second kappa shape index (κ2) is 30.9. The second-order valence-corrected chi connectivity index (χ2v) is 27.8. The number of Topliss-reactive ketones (excluding diaryl/α,β-unsaturated/α-hetero) is 2. The number of benzene rings is 3. The molecule has 0 spiro atoms. The molecule has 3 aromatic carbocycles. The van der Waals surface area contributed by atoms with E-state index < -0.39 is 23.4 Å². The monoisotopic (exact) mass is 1460 g/mol. The van der Waals surface area contributed by atoms with Gasteiger partial charge in [-0.15, -0.1) is 0 Å². The first-order valence-corrected chi connectivity index (χ1v) is 34.3. The van der Waals surface area contributed by atoms with Gasteiger partial charge in [-0.05, 0) is 128 Å². The highest BCUT2D eigenvalue weighted by molar-refractivity contribution is 6.30. The summed E-state index contributed by atoms with van der Waals surface area (Å²) in [6, 6.07) is 21.5. The third kappa shape index (κ3) is 16.2.